The Hall–Kier alpha value is -1.71. The quantitative estimate of drug-likeness (QED) is 0.824. The molecule has 0 aromatic carbocycles. The molecular weight excluding hydrogens is 312 g/mol. The number of nitrogens with zero attached hydrogens (tertiary/aromatic N) is 3. The van der Waals surface area contributed by atoms with Crippen LogP contribution in [0.1, 0.15) is 0 Å². The van der Waals surface area contributed by atoms with E-state index >= 15 is 0 Å². The van der Waals surface area contributed by atoms with Crippen LogP contribution in [-0.2, 0) is 10.0 Å². The second-order valence-electron chi connectivity index (χ2n) is 4.11. The smallest absolute Gasteiger partial charge is 0.252 e. The fourth-order valence-corrected chi connectivity index (χ4v) is 3.92. The number of hydrogen-bond donors (Lipinski definition) is 1. The molecule has 0 atom stereocenters. The lowest BCUT2D eigenvalue weighted by Gasteiger charge is -2.16. The Balaban J connectivity index is 1.91. The number of sulfonamides is 1. The molecule has 2 aromatic rings. The van der Waals surface area contributed by atoms with Crippen molar-refractivity contribution in [3.63, 3.8) is 0 Å². The summed E-state index contributed by atoms with van der Waals surface area (Å²) < 4.78 is 31.0. The number of likely N-dealkylation sites (N-methyl/N-ethyl adjacent to an activating group) is 1. The Morgan fingerprint density at radius 2 is 2.24 bits per heavy atom. The molecule has 2 aromatic heterocycles. The second kappa shape index (κ2) is 6.83. The van der Waals surface area contributed by atoms with Crippen molar-refractivity contribution in [1.29, 1.82) is 0 Å². The first-order chi connectivity index (χ1) is 10.0. The Kier molecular flexibility index (Phi) is 5.10. The molecule has 0 fully saturated rings. The molecule has 0 unspecified atom stereocenters. The molecule has 7 nitrogen and oxygen atoms in total. The van der Waals surface area contributed by atoms with Gasteiger partial charge < -0.3 is 10.1 Å². The minimum Gasteiger partial charge on any atom is -0.481 e. The van der Waals surface area contributed by atoms with Gasteiger partial charge in [0.25, 0.3) is 10.0 Å². The van der Waals surface area contributed by atoms with Crippen LogP contribution in [0.5, 0.6) is 5.88 Å². The minimum absolute atomic E-state index is 0.306. The maximum atomic E-state index is 12.2. The predicted molar refractivity (Wildman–Crippen MR) is 81.2 cm³/mol. The van der Waals surface area contributed by atoms with Crippen molar-refractivity contribution in [3.05, 3.63) is 29.8 Å². The maximum Gasteiger partial charge on any atom is 0.252 e. The molecule has 0 saturated carbocycles. The van der Waals surface area contributed by atoms with Crippen LogP contribution in [0.3, 0.4) is 0 Å². The molecule has 0 aliphatic rings. The molecule has 9 heteroatoms. The Morgan fingerprint density at radius 3 is 2.90 bits per heavy atom. The molecule has 21 heavy (non-hydrogen) atoms. The highest BCUT2D eigenvalue weighted by Crippen LogP contribution is 2.19. The van der Waals surface area contributed by atoms with E-state index in [9.17, 15) is 8.42 Å². The summed E-state index contributed by atoms with van der Waals surface area (Å²) in [5.41, 5.74) is 0. The van der Waals surface area contributed by atoms with E-state index in [1.807, 2.05) is 0 Å². The SMILES string of the molecule is COc1ccnc(NCCN(C)S(=O)(=O)c2cccs2)n1. The van der Waals surface area contributed by atoms with Gasteiger partial charge in [0.1, 0.15) is 4.21 Å². The van der Waals surface area contributed by atoms with Crippen molar-refractivity contribution >= 4 is 27.3 Å². The Bertz CT molecular complexity index is 674. The molecular formula is C12H16N4O3S2. The molecule has 0 aliphatic heterocycles. The fourth-order valence-electron chi connectivity index (χ4n) is 1.55. The van der Waals surface area contributed by atoms with Crippen LogP contribution in [0, 0.1) is 0 Å². The van der Waals surface area contributed by atoms with Gasteiger partial charge in [0.15, 0.2) is 0 Å². The highest BCUT2D eigenvalue weighted by Gasteiger charge is 2.21. The summed E-state index contributed by atoms with van der Waals surface area (Å²) in [5, 5.41) is 4.70. The number of rotatable bonds is 7. The van der Waals surface area contributed by atoms with E-state index in [1.165, 1.54) is 22.8 Å². The molecule has 0 saturated heterocycles. The van der Waals surface area contributed by atoms with Gasteiger partial charge in [0.2, 0.25) is 11.8 Å². The minimum atomic E-state index is -3.42. The third kappa shape index (κ3) is 3.90. The van der Waals surface area contributed by atoms with Crippen LogP contribution in [0.15, 0.2) is 34.0 Å². The van der Waals surface area contributed by atoms with Gasteiger partial charge in [0.05, 0.1) is 7.11 Å². The molecule has 2 rings (SSSR count). The number of thiophene rings is 1. The summed E-state index contributed by atoms with van der Waals surface area (Å²) in [6.45, 7) is 0.703. The maximum absolute atomic E-state index is 12.2. The summed E-state index contributed by atoms with van der Waals surface area (Å²) in [6, 6.07) is 4.95. The van der Waals surface area contributed by atoms with Crippen LogP contribution < -0.4 is 10.1 Å². The van der Waals surface area contributed by atoms with E-state index in [0.29, 0.717) is 29.1 Å². The standard InChI is InChI=1S/C12H16N4O3S2/c1-16(21(17,18)11-4-3-9-20-11)8-7-14-12-13-6-5-10(15-12)19-2/h3-6,9H,7-8H2,1-2H3,(H,13,14,15). The van der Waals surface area contributed by atoms with Gasteiger partial charge in [-0.05, 0) is 11.4 Å². The summed E-state index contributed by atoms with van der Waals surface area (Å²) in [6.07, 6.45) is 1.57. The zero-order chi connectivity index (χ0) is 15.3. The third-order valence-corrected chi connectivity index (χ3v) is 5.94. The molecule has 2 heterocycles. The van der Waals surface area contributed by atoms with Crippen LogP contribution in [0.4, 0.5) is 5.95 Å². The van der Waals surface area contributed by atoms with E-state index in [2.05, 4.69) is 15.3 Å². The number of aromatic nitrogens is 2. The summed E-state index contributed by atoms with van der Waals surface area (Å²) >= 11 is 1.20. The molecule has 0 bridgehead atoms. The highest BCUT2D eigenvalue weighted by atomic mass is 32.2. The third-order valence-electron chi connectivity index (χ3n) is 2.71. The van der Waals surface area contributed by atoms with Crippen LogP contribution in [0.25, 0.3) is 0 Å². The van der Waals surface area contributed by atoms with Crippen LogP contribution in [-0.4, -0.2) is 49.9 Å². The number of nitrogens with one attached hydrogen (secondary N) is 1. The molecule has 0 spiro atoms. The average Bonchev–Trinajstić information content (AvgIpc) is 3.02. The molecule has 0 amide bonds. The van der Waals surface area contributed by atoms with Crippen molar-refractivity contribution in [2.75, 3.05) is 32.6 Å². The van der Waals surface area contributed by atoms with Crippen molar-refractivity contribution in [2.24, 2.45) is 0 Å². The first-order valence-corrected chi connectivity index (χ1v) is 8.47. The van der Waals surface area contributed by atoms with Crippen molar-refractivity contribution in [2.45, 2.75) is 4.21 Å². The van der Waals surface area contributed by atoms with E-state index in [1.54, 1.807) is 36.8 Å². The van der Waals surface area contributed by atoms with Gasteiger partial charge in [-0.25, -0.2) is 13.4 Å². The van der Waals surface area contributed by atoms with Crippen LogP contribution >= 0.6 is 11.3 Å². The predicted octanol–water partition coefficient (Wildman–Crippen LogP) is 1.28. The lowest BCUT2D eigenvalue weighted by atomic mass is 10.6. The second-order valence-corrected chi connectivity index (χ2v) is 7.33. The first kappa shape index (κ1) is 15.7. The fraction of sp³-hybridized carbons (Fsp3) is 0.333. The van der Waals surface area contributed by atoms with E-state index in [-0.39, 0.29) is 0 Å². The number of anilines is 1. The molecule has 0 aliphatic carbocycles. The summed E-state index contributed by atoms with van der Waals surface area (Å²) in [5.74, 6) is 0.850. The summed E-state index contributed by atoms with van der Waals surface area (Å²) in [7, 11) is -0.350. The lowest BCUT2D eigenvalue weighted by molar-refractivity contribution is 0.397. The summed E-state index contributed by atoms with van der Waals surface area (Å²) in [4.78, 5) is 8.12. The Labute approximate surface area is 127 Å². The zero-order valence-corrected chi connectivity index (χ0v) is 13.3. The van der Waals surface area contributed by atoms with E-state index in [0.717, 1.165) is 0 Å². The molecule has 1 N–H and O–H groups in total. The number of hydrogen-bond acceptors (Lipinski definition) is 7. The van der Waals surface area contributed by atoms with E-state index < -0.39 is 10.0 Å². The first-order valence-electron chi connectivity index (χ1n) is 6.15. The van der Waals surface area contributed by atoms with Gasteiger partial charge >= 0.3 is 0 Å². The van der Waals surface area contributed by atoms with Gasteiger partial charge in [-0.3, -0.25) is 0 Å². The number of ether oxygens (including phenoxy) is 1. The topological polar surface area (TPSA) is 84.4 Å². The average molecular weight is 328 g/mol. The van der Waals surface area contributed by atoms with Gasteiger partial charge in [-0.1, -0.05) is 6.07 Å². The van der Waals surface area contributed by atoms with Gasteiger partial charge in [-0.15, -0.1) is 11.3 Å². The van der Waals surface area contributed by atoms with Gasteiger partial charge in [0, 0.05) is 32.4 Å². The van der Waals surface area contributed by atoms with Crippen LogP contribution in [0.2, 0.25) is 0 Å². The normalized spacial score (nSPS) is 11.6. The largest absolute Gasteiger partial charge is 0.481 e. The van der Waals surface area contributed by atoms with Gasteiger partial charge in [-0.2, -0.15) is 9.29 Å². The zero-order valence-electron chi connectivity index (χ0n) is 11.7. The molecule has 114 valence electrons. The lowest BCUT2D eigenvalue weighted by Crippen LogP contribution is -2.31. The molecule has 0 radical (unpaired) electrons. The highest BCUT2D eigenvalue weighted by molar-refractivity contribution is 7.91. The monoisotopic (exact) mass is 328 g/mol. The van der Waals surface area contributed by atoms with Crippen molar-refractivity contribution in [3.8, 4) is 5.88 Å². The Morgan fingerprint density at radius 1 is 1.43 bits per heavy atom. The number of methoxy groups -OCH3 is 1. The van der Waals surface area contributed by atoms with E-state index in [4.69, 9.17) is 4.74 Å². The van der Waals surface area contributed by atoms with Crippen molar-refractivity contribution in [1.82, 2.24) is 14.3 Å². The van der Waals surface area contributed by atoms with Crippen molar-refractivity contribution < 1.29 is 13.2 Å².